The van der Waals surface area contributed by atoms with Gasteiger partial charge < -0.3 is 0 Å². The molecular formula is HO2PPb. The van der Waals surface area contributed by atoms with Gasteiger partial charge in [0.2, 0.25) is 0 Å². The Hall–Kier alpha value is 0.822. The van der Waals surface area contributed by atoms with E-state index < -0.39 is 8.34 Å². The van der Waals surface area contributed by atoms with E-state index in [0.717, 1.165) is 0 Å². The first-order valence-corrected chi connectivity index (χ1v) is 1.22. The van der Waals surface area contributed by atoms with Gasteiger partial charge in [-0.3, -0.25) is 0 Å². The van der Waals surface area contributed by atoms with Gasteiger partial charge in [0, 0.05) is 27.3 Å². The summed E-state index contributed by atoms with van der Waals surface area (Å²) in [6.07, 6.45) is 0. The largest absolute Gasteiger partial charge is 0.303 e. The third-order valence-electron chi connectivity index (χ3n) is 0. The molecule has 0 fully saturated rings. The van der Waals surface area contributed by atoms with E-state index in [-0.39, 0.29) is 27.3 Å². The second kappa shape index (κ2) is 9.17. The monoisotopic (exact) mass is 272 g/mol. The fraction of sp³-hybridized carbons (Fsp3) is 0. The Morgan fingerprint density at radius 2 is 1.25 bits per heavy atom. The van der Waals surface area contributed by atoms with E-state index in [0.29, 0.717) is 0 Å². The molecule has 0 atom stereocenters. The van der Waals surface area contributed by atoms with Crippen molar-refractivity contribution in [2.24, 2.45) is 0 Å². The molecule has 0 spiro atoms. The van der Waals surface area contributed by atoms with Gasteiger partial charge in [0.25, 0.3) is 0 Å². The standard InChI is InChI=1S/HO2P.Pb/c1-3-2;/h3H;. The molecule has 0 saturated carbocycles. The van der Waals surface area contributed by atoms with Crippen molar-refractivity contribution in [3.8, 4) is 0 Å². The predicted octanol–water partition coefficient (Wildman–Crippen LogP) is -0.0249. The van der Waals surface area contributed by atoms with E-state index in [1.807, 2.05) is 0 Å². The average Bonchev–Trinajstić information content (AvgIpc) is 0.918. The molecule has 4 radical (unpaired) electrons. The summed E-state index contributed by atoms with van der Waals surface area (Å²) in [6.45, 7) is 0. The summed E-state index contributed by atoms with van der Waals surface area (Å²) >= 11 is 0. The van der Waals surface area contributed by atoms with Crippen LogP contribution in [0.5, 0.6) is 0 Å². The molecular weight excluding hydrogens is 270 g/mol. The van der Waals surface area contributed by atoms with Crippen molar-refractivity contribution in [1.82, 2.24) is 0 Å². The summed E-state index contributed by atoms with van der Waals surface area (Å²) in [4.78, 5) is 0. The molecule has 0 bridgehead atoms. The summed E-state index contributed by atoms with van der Waals surface area (Å²) in [5.74, 6) is 0. The van der Waals surface area contributed by atoms with Gasteiger partial charge >= 0.3 is 8.34 Å². The summed E-state index contributed by atoms with van der Waals surface area (Å²) < 4.78 is 16.8. The van der Waals surface area contributed by atoms with E-state index in [1.165, 1.54) is 0 Å². The summed E-state index contributed by atoms with van der Waals surface area (Å²) in [5, 5.41) is 0. The molecule has 0 aromatic carbocycles. The van der Waals surface area contributed by atoms with E-state index >= 15 is 0 Å². The summed E-state index contributed by atoms with van der Waals surface area (Å²) in [6, 6.07) is 0. The van der Waals surface area contributed by atoms with Gasteiger partial charge in [0.05, 0.1) is 0 Å². The van der Waals surface area contributed by atoms with Gasteiger partial charge in [0.15, 0.2) is 0 Å². The maximum atomic E-state index is 8.40. The molecule has 2 nitrogen and oxygen atoms in total. The van der Waals surface area contributed by atoms with Gasteiger partial charge in [-0.05, 0) is 0 Å². The molecule has 4 heavy (non-hydrogen) atoms. The minimum Gasteiger partial charge on any atom is -0.241 e. The molecule has 0 unspecified atom stereocenters. The maximum Gasteiger partial charge on any atom is 0.303 e. The molecule has 0 N–H and O–H groups in total. The molecule has 0 aromatic rings. The van der Waals surface area contributed by atoms with Crippen LogP contribution in [-0.2, 0) is 9.13 Å². The molecule has 0 aliphatic carbocycles. The third-order valence-corrected chi connectivity index (χ3v) is 0. The van der Waals surface area contributed by atoms with Gasteiger partial charge in [0.1, 0.15) is 0 Å². The number of rotatable bonds is 0. The van der Waals surface area contributed by atoms with Crippen LogP contribution in [0.3, 0.4) is 0 Å². The topological polar surface area (TPSA) is 34.1 Å². The Labute approximate surface area is 45.0 Å². The Morgan fingerprint density at radius 3 is 1.25 bits per heavy atom. The van der Waals surface area contributed by atoms with E-state index in [1.54, 1.807) is 0 Å². The normalized spacial score (nSPS) is 3.00. The van der Waals surface area contributed by atoms with E-state index in [4.69, 9.17) is 9.13 Å². The predicted molar refractivity (Wildman–Crippen MR) is 15.4 cm³/mol. The number of hydrogen-bond donors (Lipinski definition) is 0. The fourth-order valence-electron chi connectivity index (χ4n) is 0. The van der Waals surface area contributed by atoms with Crippen LogP contribution in [-0.4, -0.2) is 27.3 Å². The molecule has 0 saturated heterocycles. The minimum atomic E-state index is -1.42. The molecule has 0 aromatic heterocycles. The summed E-state index contributed by atoms with van der Waals surface area (Å²) in [5.41, 5.74) is 0. The molecule has 0 aliphatic heterocycles. The Morgan fingerprint density at radius 1 is 1.25 bits per heavy atom. The van der Waals surface area contributed by atoms with Crippen LogP contribution in [0.25, 0.3) is 0 Å². The SMILES string of the molecule is O=[PH]=O.[Pb]. The van der Waals surface area contributed by atoms with Gasteiger partial charge in [-0.1, -0.05) is 0 Å². The van der Waals surface area contributed by atoms with Crippen LogP contribution < -0.4 is 0 Å². The first kappa shape index (κ1) is 8.84. The van der Waals surface area contributed by atoms with Crippen LogP contribution in [0.1, 0.15) is 0 Å². The van der Waals surface area contributed by atoms with Gasteiger partial charge in [-0.2, -0.15) is 0 Å². The van der Waals surface area contributed by atoms with Crippen LogP contribution >= 0.6 is 8.34 Å². The first-order valence-electron chi connectivity index (χ1n) is 0.408. The van der Waals surface area contributed by atoms with Gasteiger partial charge in [-0.25, -0.2) is 9.13 Å². The van der Waals surface area contributed by atoms with Crippen molar-refractivity contribution in [3.05, 3.63) is 0 Å². The van der Waals surface area contributed by atoms with Crippen LogP contribution in [0.2, 0.25) is 0 Å². The van der Waals surface area contributed by atoms with Crippen molar-refractivity contribution in [1.29, 1.82) is 0 Å². The van der Waals surface area contributed by atoms with Gasteiger partial charge in [-0.15, -0.1) is 0 Å². The van der Waals surface area contributed by atoms with Crippen LogP contribution in [0.15, 0.2) is 0 Å². The van der Waals surface area contributed by atoms with E-state index in [2.05, 4.69) is 0 Å². The molecule has 0 amide bonds. The zero-order valence-corrected chi connectivity index (χ0v) is 6.70. The van der Waals surface area contributed by atoms with Crippen molar-refractivity contribution in [2.75, 3.05) is 0 Å². The number of hydrogen-bond acceptors (Lipinski definition) is 2. The summed E-state index contributed by atoms with van der Waals surface area (Å²) in [7, 11) is -1.42. The fourth-order valence-corrected chi connectivity index (χ4v) is 0. The Kier molecular flexibility index (Phi) is 20.3. The van der Waals surface area contributed by atoms with E-state index in [9.17, 15) is 0 Å². The molecule has 0 rings (SSSR count). The average molecular weight is 271 g/mol. The zero-order valence-electron chi connectivity index (χ0n) is 1.82. The van der Waals surface area contributed by atoms with Crippen molar-refractivity contribution < 1.29 is 9.13 Å². The van der Waals surface area contributed by atoms with Crippen molar-refractivity contribution in [2.45, 2.75) is 0 Å². The second-order valence-electron chi connectivity index (χ2n) is 0.0833. The first-order chi connectivity index (χ1) is 1.41. The molecule has 22 valence electrons. The molecule has 0 heterocycles. The smallest absolute Gasteiger partial charge is 0.241 e. The van der Waals surface area contributed by atoms with Crippen LogP contribution in [0, 0.1) is 0 Å². The Bertz CT molecular complexity index is 27.0. The van der Waals surface area contributed by atoms with Crippen LogP contribution in [0.4, 0.5) is 0 Å². The third kappa shape index (κ3) is 13.9. The maximum absolute atomic E-state index is 8.40. The van der Waals surface area contributed by atoms with Crippen molar-refractivity contribution >= 4 is 35.6 Å². The molecule has 0 aliphatic rings. The second-order valence-corrected chi connectivity index (χ2v) is 0.250. The molecule has 4 heteroatoms. The zero-order chi connectivity index (χ0) is 2.71. The quantitative estimate of drug-likeness (QED) is 0.458. The minimum absolute atomic E-state index is 0. The van der Waals surface area contributed by atoms with Crippen molar-refractivity contribution in [3.63, 3.8) is 0 Å². The Balaban J connectivity index is 0.